The number of nitrogens with zero attached hydrogens (tertiary/aromatic N) is 1. The van der Waals surface area contributed by atoms with Crippen LogP contribution in [0.4, 0.5) is 0 Å². The van der Waals surface area contributed by atoms with Crippen LogP contribution >= 0.6 is 0 Å². The molecule has 0 aromatic carbocycles. The van der Waals surface area contributed by atoms with Crippen LogP contribution in [0.3, 0.4) is 0 Å². The molecule has 1 atom stereocenters. The van der Waals surface area contributed by atoms with Crippen LogP contribution in [0.5, 0.6) is 0 Å². The lowest BCUT2D eigenvalue weighted by Crippen LogP contribution is -2.64. The topological polar surface area (TPSA) is 59.0 Å². The first-order valence-corrected chi connectivity index (χ1v) is 7.37. The van der Waals surface area contributed by atoms with Gasteiger partial charge in [0.05, 0.1) is 38.8 Å². The number of aliphatic hydroxyl groups is 1. The fourth-order valence-electron chi connectivity index (χ4n) is 2.98. The molecule has 5 nitrogen and oxygen atoms in total. The number of carbonyl (C=O) groups excluding carboxylic acids is 1. The minimum absolute atomic E-state index is 0.0951. The zero-order valence-electron chi connectivity index (χ0n) is 11.3. The molecular formula is C14H23NO4. The number of carbonyl (C=O) groups is 1. The second-order valence-electron chi connectivity index (χ2n) is 6.09. The Bertz CT molecular complexity index is 330. The molecule has 3 rings (SSSR count). The van der Waals surface area contributed by atoms with Crippen LogP contribution in [-0.2, 0) is 14.3 Å². The highest BCUT2D eigenvalue weighted by Crippen LogP contribution is 2.44. The summed E-state index contributed by atoms with van der Waals surface area (Å²) < 4.78 is 10.9. The van der Waals surface area contributed by atoms with E-state index in [9.17, 15) is 9.90 Å². The van der Waals surface area contributed by atoms with Gasteiger partial charge in [0.2, 0.25) is 5.91 Å². The summed E-state index contributed by atoms with van der Waals surface area (Å²) in [6.07, 6.45) is 5.04. The van der Waals surface area contributed by atoms with Gasteiger partial charge in [-0.3, -0.25) is 4.79 Å². The van der Waals surface area contributed by atoms with Gasteiger partial charge < -0.3 is 19.5 Å². The van der Waals surface area contributed by atoms with E-state index in [-0.39, 0.29) is 12.0 Å². The highest BCUT2D eigenvalue weighted by molar-refractivity contribution is 5.77. The fourth-order valence-corrected chi connectivity index (χ4v) is 2.98. The molecule has 19 heavy (non-hydrogen) atoms. The summed E-state index contributed by atoms with van der Waals surface area (Å²) in [4.78, 5) is 13.6. The lowest BCUT2D eigenvalue weighted by atomic mass is 9.88. The number of hydrogen-bond donors (Lipinski definition) is 1. The highest BCUT2D eigenvalue weighted by Gasteiger charge is 2.52. The minimum Gasteiger partial charge on any atom is -0.386 e. The monoisotopic (exact) mass is 269 g/mol. The lowest BCUT2D eigenvalue weighted by Gasteiger charge is -2.47. The van der Waals surface area contributed by atoms with E-state index in [0.29, 0.717) is 38.6 Å². The molecule has 3 fully saturated rings. The van der Waals surface area contributed by atoms with Gasteiger partial charge in [-0.05, 0) is 31.6 Å². The number of amides is 1. The summed E-state index contributed by atoms with van der Waals surface area (Å²) >= 11 is 0. The normalized spacial score (nSPS) is 29.3. The summed E-state index contributed by atoms with van der Waals surface area (Å²) in [5, 5.41) is 10.1. The maximum Gasteiger partial charge on any atom is 0.225 e. The van der Waals surface area contributed by atoms with Gasteiger partial charge in [-0.15, -0.1) is 0 Å². The summed E-state index contributed by atoms with van der Waals surface area (Å²) in [6, 6.07) is 0. The van der Waals surface area contributed by atoms with Gasteiger partial charge in [-0.2, -0.15) is 0 Å². The smallest absolute Gasteiger partial charge is 0.225 e. The van der Waals surface area contributed by atoms with Crippen LogP contribution in [0, 0.1) is 5.92 Å². The molecule has 0 aromatic heterocycles. The summed E-state index contributed by atoms with van der Waals surface area (Å²) in [5.41, 5.74) is -0.575. The number of β-amino-alcohol motifs (C(OH)–C–C–N with tert-alkyl or cyclic N) is 1. The Hall–Kier alpha value is -0.650. The number of ether oxygens (including phenoxy) is 2. The standard InChI is InChI=1S/C14H23NO4/c16-13(5-7-18-8-12-2-1-6-19-12)15-9-14(17,10-15)11-3-4-11/h11-12,17H,1-10H2. The lowest BCUT2D eigenvalue weighted by molar-refractivity contribution is -0.160. The molecule has 108 valence electrons. The van der Waals surface area contributed by atoms with Crippen molar-refractivity contribution in [1.82, 2.24) is 4.90 Å². The molecule has 0 aromatic rings. The number of likely N-dealkylation sites (tertiary alicyclic amines) is 1. The molecule has 1 amide bonds. The van der Waals surface area contributed by atoms with E-state index in [1.807, 2.05) is 0 Å². The average molecular weight is 269 g/mol. The minimum atomic E-state index is -0.575. The van der Waals surface area contributed by atoms with Crippen LogP contribution in [0.15, 0.2) is 0 Å². The quantitative estimate of drug-likeness (QED) is 0.716. The van der Waals surface area contributed by atoms with Crippen LogP contribution in [0.2, 0.25) is 0 Å². The van der Waals surface area contributed by atoms with Crippen LogP contribution < -0.4 is 0 Å². The highest BCUT2D eigenvalue weighted by atomic mass is 16.5. The summed E-state index contributed by atoms with van der Waals surface area (Å²) in [6.45, 7) is 2.92. The van der Waals surface area contributed by atoms with Gasteiger partial charge in [0.15, 0.2) is 0 Å². The molecule has 1 N–H and O–H groups in total. The van der Waals surface area contributed by atoms with Crippen molar-refractivity contribution in [3.8, 4) is 0 Å². The van der Waals surface area contributed by atoms with E-state index >= 15 is 0 Å². The van der Waals surface area contributed by atoms with E-state index < -0.39 is 5.60 Å². The largest absolute Gasteiger partial charge is 0.386 e. The Kier molecular flexibility index (Phi) is 3.78. The first kappa shape index (κ1) is 13.3. The number of hydrogen-bond acceptors (Lipinski definition) is 4. The molecule has 3 aliphatic rings. The van der Waals surface area contributed by atoms with Gasteiger partial charge in [0.1, 0.15) is 5.60 Å². The van der Waals surface area contributed by atoms with Gasteiger partial charge in [-0.1, -0.05) is 0 Å². The predicted molar refractivity (Wildman–Crippen MR) is 68.7 cm³/mol. The molecule has 1 unspecified atom stereocenters. The SMILES string of the molecule is O=C(CCOCC1CCCO1)N1CC(O)(C2CC2)C1. The Morgan fingerprint density at radius 2 is 2.16 bits per heavy atom. The second kappa shape index (κ2) is 5.38. The van der Waals surface area contributed by atoms with Crippen molar-refractivity contribution >= 4 is 5.91 Å². The van der Waals surface area contributed by atoms with Crippen molar-refractivity contribution < 1.29 is 19.4 Å². The Balaban J connectivity index is 1.27. The van der Waals surface area contributed by atoms with E-state index in [1.54, 1.807) is 4.90 Å². The number of rotatable bonds is 6. The second-order valence-corrected chi connectivity index (χ2v) is 6.09. The Morgan fingerprint density at radius 3 is 2.79 bits per heavy atom. The maximum absolute atomic E-state index is 11.9. The summed E-state index contributed by atoms with van der Waals surface area (Å²) in [5.74, 6) is 0.532. The molecule has 2 aliphatic heterocycles. The summed E-state index contributed by atoms with van der Waals surface area (Å²) in [7, 11) is 0. The van der Waals surface area contributed by atoms with Crippen molar-refractivity contribution in [3.63, 3.8) is 0 Å². The molecule has 1 aliphatic carbocycles. The van der Waals surface area contributed by atoms with Crippen molar-refractivity contribution in [2.75, 3.05) is 32.9 Å². The van der Waals surface area contributed by atoms with Gasteiger partial charge in [-0.25, -0.2) is 0 Å². The van der Waals surface area contributed by atoms with Crippen molar-refractivity contribution in [1.29, 1.82) is 0 Å². The fraction of sp³-hybridized carbons (Fsp3) is 0.929. The third-order valence-corrected chi connectivity index (χ3v) is 4.41. The Morgan fingerprint density at radius 1 is 1.37 bits per heavy atom. The first-order valence-electron chi connectivity index (χ1n) is 7.37. The molecule has 2 heterocycles. The van der Waals surface area contributed by atoms with E-state index in [0.717, 1.165) is 32.3 Å². The first-order chi connectivity index (χ1) is 9.17. The zero-order valence-corrected chi connectivity index (χ0v) is 11.3. The molecule has 0 spiro atoms. The van der Waals surface area contributed by atoms with E-state index in [1.165, 1.54) is 0 Å². The molecule has 5 heteroatoms. The molecule has 2 saturated heterocycles. The van der Waals surface area contributed by atoms with Gasteiger partial charge in [0.25, 0.3) is 0 Å². The molecule has 0 bridgehead atoms. The van der Waals surface area contributed by atoms with E-state index in [4.69, 9.17) is 9.47 Å². The zero-order chi connectivity index (χ0) is 13.3. The van der Waals surface area contributed by atoms with Gasteiger partial charge in [0, 0.05) is 6.61 Å². The van der Waals surface area contributed by atoms with Crippen LogP contribution in [-0.4, -0.2) is 60.5 Å². The average Bonchev–Trinajstić information content (AvgIpc) is 3.09. The van der Waals surface area contributed by atoms with E-state index in [2.05, 4.69) is 0 Å². The van der Waals surface area contributed by atoms with Gasteiger partial charge >= 0.3 is 0 Å². The predicted octanol–water partition coefficient (Wildman–Crippen LogP) is 0.555. The maximum atomic E-state index is 11.9. The molecule has 0 radical (unpaired) electrons. The van der Waals surface area contributed by atoms with Crippen molar-refractivity contribution in [3.05, 3.63) is 0 Å². The third kappa shape index (κ3) is 3.09. The Labute approximate surface area is 113 Å². The van der Waals surface area contributed by atoms with Crippen molar-refractivity contribution in [2.45, 2.75) is 43.8 Å². The molecule has 1 saturated carbocycles. The molecular weight excluding hydrogens is 246 g/mol. The van der Waals surface area contributed by atoms with Crippen molar-refractivity contribution in [2.24, 2.45) is 5.92 Å². The van der Waals surface area contributed by atoms with Crippen LogP contribution in [0.1, 0.15) is 32.1 Å². The van der Waals surface area contributed by atoms with Crippen LogP contribution in [0.25, 0.3) is 0 Å². The third-order valence-electron chi connectivity index (χ3n) is 4.41.